The second-order valence-corrected chi connectivity index (χ2v) is 7.29. The lowest BCUT2D eigenvalue weighted by Gasteiger charge is -2.43. The van der Waals surface area contributed by atoms with Gasteiger partial charge in [0.1, 0.15) is 5.82 Å². The topological polar surface area (TPSA) is 3.24 Å². The van der Waals surface area contributed by atoms with Crippen LogP contribution in [-0.2, 0) is 0 Å². The molecular weight excluding hydrogens is 285 g/mol. The average Bonchev–Trinajstić information content (AvgIpc) is 2.80. The van der Waals surface area contributed by atoms with Crippen LogP contribution >= 0.6 is 0 Å². The van der Waals surface area contributed by atoms with E-state index in [1.807, 2.05) is 12.1 Å². The van der Waals surface area contributed by atoms with Crippen LogP contribution in [0, 0.1) is 12.7 Å². The Balaban J connectivity index is 1.76. The van der Waals surface area contributed by atoms with Crippen molar-refractivity contribution in [2.45, 2.75) is 50.1 Å². The molecule has 2 aliphatic heterocycles. The molecule has 0 N–H and O–H groups in total. The smallest absolute Gasteiger partial charge is 0.123 e. The summed E-state index contributed by atoms with van der Waals surface area (Å²) in [5.74, 6) is 0.853. The van der Waals surface area contributed by atoms with Crippen LogP contribution in [0.5, 0.6) is 0 Å². The second-order valence-electron chi connectivity index (χ2n) is 7.29. The van der Waals surface area contributed by atoms with Crippen molar-refractivity contribution in [3.63, 3.8) is 0 Å². The highest BCUT2D eigenvalue weighted by Crippen LogP contribution is 2.50. The number of hydrogen-bond acceptors (Lipinski definition) is 1. The summed E-state index contributed by atoms with van der Waals surface area (Å²) in [6.45, 7) is 2.14. The Morgan fingerprint density at radius 3 is 2.26 bits per heavy atom. The molecule has 2 aromatic rings. The summed E-state index contributed by atoms with van der Waals surface area (Å²) in [6, 6.07) is 17.5. The lowest BCUT2D eigenvalue weighted by atomic mass is 9.73. The molecule has 2 heteroatoms. The van der Waals surface area contributed by atoms with Crippen molar-refractivity contribution in [3.8, 4) is 0 Å². The SMILES string of the molecule is Cc1ccc([C@@H]2C[C@@H]3CC[C@H]([C@@H]2c2ccc(F)cc2)N3C)cc1. The van der Waals surface area contributed by atoms with Gasteiger partial charge in [-0.05, 0) is 62.4 Å². The number of rotatable bonds is 2. The normalized spacial score (nSPS) is 30.6. The van der Waals surface area contributed by atoms with Crippen LogP contribution < -0.4 is 0 Å². The summed E-state index contributed by atoms with van der Waals surface area (Å²) in [4.78, 5) is 2.57. The molecule has 23 heavy (non-hydrogen) atoms. The standard InChI is InChI=1S/C21H24FN/c1-14-3-5-15(6-4-14)19-13-18-11-12-20(23(18)2)21(19)16-7-9-17(22)10-8-16/h3-10,18-21H,11-13H2,1-2H3/t18-,19-,20+,21+/m0/s1. The Kier molecular flexibility index (Phi) is 3.73. The molecule has 2 aliphatic rings. The largest absolute Gasteiger partial charge is 0.300 e. The maximum atomic E-state index is 13.4. The summed E-state index contributed by atoms with van der Waals surface area (Å²) in [6.07, 6.45) is 3.75. The lowest BCUT2D eigenvalue weighted by Crippen LogP contribution is -2.44. The quantitative estimate of drug-likeness (QED) is 0.765. The van der Waals surface area contributed by atoms with Gasteiger partial charge in [0.2, 0.25) is 0 Å². The Hall–Kier alpha value is -1.67. The summed E-state index contributed by atoms with van der Waals surface area (Å²) >= 11 is 0. The molecule has 2 fully saturated rings. The molecule has 0 aliphatic carbocycles. The van der Waals surface area contributed by atoms with Crippen LogP contribution in [0.4, 0.5) is 4.39 Å². The van der Waals surface area contributed by atoms with Gasteiger partial charge in [-0.25, -0.2) is 4.39 Å². The van der Waals surface area contributed by atoms with Gasteiger partial charge in [0.05, 0.1) is 0 Å². The molecule has 0 unspecified atom stereocenters. The molecule has 0 saturated carbocycles. The molecule has 2 heterocycles. The maximum Gasteiger partial charge on any atom is 0.123 e. The zero-order valence-corrected chi connectivity index (χ0v) is 13.9. The Labute approximate surface area is 138 Å². The number of fused-ring (bicyclic) bond motifs is 2. The van der Waals surface area contributed by atoms with Crippen LogP contribution in [0.1, 0.15) is 47.8 Å². The van der Waals surface area contributed by atoms with Gasteiger partial charge in [0.25, 0.3) is 0 Å². The van der Waals surface area contributed by atoms with Gasteiger partial charge in [-0.2, -0.15) is 0 Å². The highest BCUT2D eigenvalue weighted by Gasteiger charge is 2.46. The Morgan fingerprint density at radius 2 is 1.57 bits per heavy atom. The van der Waals surface area contributed by atoms with Gasteiger partial charge < -0.3 is 0 Å². The molecule has 0 spiro atoms. The van der Waals surface area contributed by atoms with Crippen molar-refractivity contribution in [2.75, 3.05) is 7.05 Å². The molecule has 0 amide bonds. The van der Waals surface area contributed by atoms with E-state index in [2.05, 4.69) is 43.1 Å². The van der Waals surface area contributed by atoms with E-state index in [9.17, 15) is 4.39 Å². The lowest BCUT2D eigenvalue weighted by molar-refractivity contribution is 0.137. The van der Waals surface area contributed by atoms with Crippen LogP contribution in [0.15, 0.2) is 48.5 Å². The van der Waals surface area contributed by atoms with Gasteiger partial charge in [-0.3, -0.25) is 4.90 Å². The van der Waals surface area contributed by atoms with Crippen molar-refractivity contribution in [3.05, 3.63) is 71.0 Å². The second kappa shape index (κ2) is 5.76. The first-order chi connectivity index (χ1) is 11.1. The van der Waals surface area contributed by atoms with Crippen molar-refractivity contribution < 1.29 is 4.39 Å². The predicted octanol–water partition coefficient (Wildman–Crippen LogP) is 4.87. The minimum atomic E-state index is -0.144. The van der Waals surface area contributed by atoms with Gasteiger partial charge in [0, 0.05) is 18.0 Å². The predicted molar refractivity (Wildman–Crippen MR) is 92.3 cm³/mol. The van der Waals surface area contributed by atoms with Crippen molar-refractivity contribution in [2.24, 2.45) is 0 Å². The van der Waals surface area contributed by atoms with Gasteiger partial charge in [0.15, 0.2) is 0 Å². The number of halogens is 1. The summed E-state index contributed by atoms with van der Waals surface area (Å²) < 4.78 is 13.4. The number of benzene rings is 2. The van der Waals surface area contributed by atoms with Crippen LogP contribution in [0.3, 0.4) is 0 Å². The van der Waals surface area contributed by atoms with E-state index in [0.717, 1.165) is 0 Å². The molecule has 0 aromatic heterocycles. The highest BCUT2D eigenvalue weighted by atomic mass is 19.1. The average molecular weight is 309 g/mol. The fraction of sp³-hybridized carbons (Fsp3) is 0.429. The van der Waals surface area contributed by atoms with Crippen molar-refractivity contribution in [1.82, 2.24) is 4.90 Å². The fourth-order valence-electron chi connectivity index (χ4n) is 4.76. The van der Waals surface area contributed by atoms with Crippen molar-refractivity contribution in [1.29, 1.82) is 0 Å². The highest BCUT2D eigenvalue weighted by molar-refractivity contribution is 5.34. The molecule has 0 radical (unpaired) electrons. The molecule has 2 bridgehead atoms. The van der Waals surface area contributed by atoms with E-state index in [1.54, 1.807) is 12.1 Å². The van der Waals surface area contributed by atoms with E-state index in [1.165, 1.54) is 36.0 Å². The molecule has 4 atom stereocenters. The Bertz CT molecular complexity index is 676. The molecule has 4 rings (SSSR count). The summed E-state index contributed by atoms with van der Waals surface area (Å²) in [5.41, 5.74) is 4.03. The first-order valence-corrected chi connectivity index (χ1v) is 8.67. The Morgan fingerprint density at radius 1 is 0.913 bits per heavy atom. The minimum Gasteiger partial charge on any atom is -0.300 e. The van der Waals surface area contributed by atoms with Gasteiger partial charge in [-0.15, -0.1) is 0 Å². The molecular formula is C21H24FN. The third-order valence-electron chi connectivity index (χ3n) is 6.03. The zero-order chi connectivity index (χ0) is 16.0. The van der Waals surface area contributed by atoms with Crippen molar-refractivity contribution >= 4 is 0 Å². The zero-order valence-electron chi connectivity index (χ0n) is 13.9. The number of piperidine rings is 1. The molecule has 1 nitrogen and oxygen atoms in total. The van der Waals surface area contributed by atoms with Crippen LogP contribution in [-0.4, -0.2) is 24.0 Å². The molecule has 2 aromatic carbocycles. The maximum absolute atomic E-state index is 13.4. The van der Waals surface area contributed by atoms with Crippen LogP contribution in [0.2, 0.25) is 0 Å². The van der Waals surface area contributed by atoms with Gasteiger partial charge in [-0.1, -0.05) is 42.0 Å². The van der Waals surface area contributed by atoms with Gasteiger partial charge >= 0.3 is 0 Å². The van der Waals surface area contributed by atoms with Crippen LogP contribution in [0.25, 0.3) is 0 Å². The van der Waals surface area contributed by atoms with E-state index in [4.69, 9.17) is 0 Å². The van der Waals surface area contributed by atoms with E-state index < -0.39 is 0 Å². The number of aryl methyl sites for hydroxylation is 1. The monoisotopic (exact) mass is 309 g/mol. The number of hydrogen-bond donors (Lipinski definition) is 0. The number of nitrogens with zero attached hydrogens (tertiary/aromatic N) is 1. The van der Waals surface area contributed by atoms with E-state index in [-0.39, 0.29) is 5.82 Å². The van der Waals surface area contributed by atoms with E-state index in [0.29, 0.717) is 23.9 Å². The minimum absolute atomic E-state index is 0.144. The first kappa shape index (κ1) is 14.9. The fourth-order valence-corrected chi connectivity index (χ4v) is 4.76. The first-order valence-electron chi connectivity index (χ1n) is 8.67. The summed E-state index contributed by atoms with van der Waals surface area (Å²) in [7, 11) is 2.27. The number of likely N-dealkylation sites (N-methyl/N-ethyl adjacent to an activating group) is 1. The summed E-state index contributed by atoms with van der Waals surface area (Å²) in [5, 5.41) is 0. The molecule has 2 saturated heterocycles. The van der Waals surface area contributed by atoms with E-state index >= 15 is 0 Å². The third kappa shape index (κ3) is 2.59. The molecule has 120 valence electrons. The third-order valence-corrected chi connectivity index (χ3v) is 6.03.